The summed E-state index contributed by atoms with van der Waals surface area (Å²) in [7, 11) is 0. The van der Waals surface area contributed by atoms with E-state index in [1.54, 1.807) is 0 Å². The summed E-state index contributed by atoms with van der Waals surface area (Å²) in [5, 5.41) is 0. The molecule has 0 aromatic heterocycles. The van der Waals surface area contributed by atoms with Crippen LogP contribution in [-0.4, -0.2) is 52.4 Å². The van der Waals surface area contributed by atoms with Crippen LogP contribution in [0.25, 0.3) is 0 Å². The van der Waals surface area contributed by atoms with Crippen LogP contribution in [0.5, 0.6) is 0 Å². The Kier molecular flexibility index (Phi) is 97.4. The quantitative estimate of drug-likeness (QED) is 0.214. The van der Waals surface area contributed by atoms with Gasteiger partial charge in [0, 0.05) is 34.1 Å². The van der Waals surface area contributed by atoms with E-state index in [4.69, 9.17) is 32.1 Å². The van der Waals surface area contributed by atoms with Gasteiger partial charge in [0.25, 0.3) is 0 Å². The molecule has 0 rings (SSSR count). The molecule has 0 unspecified atom stereocenters. The van der Waals surface area contributed by atoms with Gasteiger partial charge in [-0.25, -0.2) is 0 Å². The van der Waals surface area contributed by atoms with E-state index in [9.17, 15) is 0 Å². The van der Waals surface area contributed by atoms with Crippen LogP contribution in [0, 0.1) is 0 Å². The van der Waals surface area contributed by atoms with Gasteiger partial charge < -0.3 is 0 Å². The zero-order chi connectivity index (χ0) is 10.7. The molecule has 0 aliphatic carbocycles. The van der Waals surface area contributed by atoms with E-state index in [0.717, 1.165) is 0 Å². The molecule has 0 aliphatic rings. The van der Waals surface area contributed by atoms with E-state index >= 15 is 0 Å². The van der Waals surface area contributed by atoms with Gasteiger partial charge in [-0.15, -0.1) is 0 Å². The van der Waals surface area contributed by atoms with Crippen molar-refractivity contribution in [1.82, 2.24) is 0 Å². The molecule has 0 saturated heterocycles. The van der Waals surface area contributed by atoms with Crippen molar-refractivity contribution < 1.29 is 122 Å². The molecular weight excluding hydrogens is 815 g/mol. The second-order valence-electron chi connectivity index (χ2n) is 0.750. The summed E-state index contributed by atoms with van der Waals surface area (Å²) in [4.78, 5) is 0. The summed E-state index contributed by atoms with van der Waals surface area (Å²) < 4.78 is 77.2. The first kappa shape index (κ1) is 42.7. The van der Waals surface area contributed by atoms with Gasteiger partial charge in [-0.05, 0) is 0 Å². The topological polar surface area (TPSA) is 190 Å². The Morgan fingerprint density at radius 3 is 0.500 bits per heavy atom. The summed E-state index contributed by atoms with van der Waals surface area (Å²) in [6.45, 7) is 0. The number of rotatable bonds is 0. The zero-order valence-corrected chi connectivity index (χ0v) is 20.8. The monoisotopic (exact) mass is 816 g/mol. The summed E-state index contributed by atoms with van der Waals surface area (Å²) in [6.07, 6.45) is 0. The van der Waals surface area contributed by atoms with Crippen LogP contribution in [0.4, 0.5) is 0 Å². The normalized spacial score (nSPS) is 4.88. The molecule has 0 spiro atoms. The predicted octanol–water partition coefficient (Wildman–Crippen LogP) is -8.26. The first-order chi connectivity index (χ1) is 5.20. The molecule has 90 valence electrons. The van der Waals surface area contributed by atoms with Gasteiger partial charge in [0.15, 0.2) is 0 Å². The van der Waals surface area contributed by atoms with E-state index < -0.39 is 55.8 Å². The van der Waals surface area contributed by atoms with E-state index in [1.807, 2.05) is 0 Å². The third-order valence-corrected chi connectivity index (χ3v) is 0. The maximum atomic E-state index is 8.58. The molecule has 9 nitrogen and oxygen atoms in total. The van der Waals surface area contributed by atoms with Gasteiger partial charge in [-0.1, -0.05) is 0 Å². The van der Waals surface area contributed by atoms with Crippen molar-refractivity contribution in [3.05, 3.63) is 0 Å². The Bertz CT molecular complexity index is 124. The maximum absolute atomic E-state index is 8.58. The average Bonchev–Trinajstić information content (AvgIpc) is 1.54. The summed E-state index contributed by atoms with van der Waals surface area (Å²) in [5.74, 6) is 0. The average molecular weight is 815 g/mol. The van der Waals surface area contributed by atoms with Gasteiger partial charge >= 0.3 is 140 Å². The Balaban J connectivity index is -0.0000000135. The van der Waals surface area contributed by atoms with Gasteiger partial charge in [-0.2, -0.15) is 0 Å². The van der Waals surface area contributed by atoms with E-state index in [1.165, 1.54) is 0 Å². The van der Waals surface area contributed by atoms with Crippen molar-refractivity contribution in [2.24, 2.45) is 0 Å². The van der Waals surface area contributed by atoms with Crippen molar-refractivity contribution in [3.8, 4) is 0 Å². The fraction of sp³-hybridized carbons (Fsp3) is 0. The SMILES string of the molecule is [Bi+3].[Bi+3].[Mn].[Mn].[O]=[Ti]([O-])[O-].[O]=[Ti]([O-])[O-].[O]=[Ti]([O-])[O-]. The van der Waals surface area contributed by atoms with Crippen LogP contribution in [0.2, 0.25) is 0 Å². The van der Waals surface area contributed by atoms with Crippen molar-refractivity contribution in [3.63, 3.8) is 0 Å². The van der Waals surface area contributed by atoms with Crippen LogP contribution in [-0.2, 0) is 100.0 Å². The van der Waals surface area contributed by atoms with Gasteiger partial charge in [0.05, 0.1) is 0 Å². The van der Waals surface area contributed by atoms with Gasteiger partial charge in [0.1, 0.15) is 0 Å². The van der Waals surface area contributed by atoms with Crippen LogP contribution in [0.1, 0.15) is 0 Å². The van der Waals surface area contributed by atoms with E-state index in [-0.39, 0.29) is 86.5 Å². The van der Waals surface area contributed by atoms with Crippen LogP contribution >= 0.6 is 0 Å². The molecule has 0 bridgehead atoms. The van der Waals surface area contributed by atoms with Crippen molar-refractivity contribution >= 4 is 52.4 Å². The summed E-state index contributed by atoms with van der Waals surface area (Å²) in [5.41, 5.74) is 0. The Morgan fingerprint density at radius 2 is 0.500 bits per heavy atom. The summed E-state index contributed by atoms with van der Waals surface area (Å²) in [6, 6.07) is 0. The standard InChI is InChI=1S/2Bi.2Mn.9O.3Ti/q2*+3;;;;;;6*-1;;;. The Morgan fingerprint density at radius 1 is 0.500 bits per heavy atom. The molecule has 0 aromatic carbocycles. The number of hydrogen-bond donors (Lipinski definition) is 0. The molecule has 0 saturated carbocycles. The molecule has 16 heteroatoms. The minimum absolute atomic E-state index is 0. The molecule has 0 heterocycles. The molecule has 0 amide bonds. The predicted molar refractivity (Wildman–Crippen MR) is 13.6 cm³/mol. The van der Waals surface area contributed by atoms with Gasteiger partial charge in [0.2, 0.25) is 0 Å². The Hall–Kier alpha value is 4.11. The minimum atomic E-state index is -4.08. The molecule has 0 atom stereocenters. The third-order valence-electron chi connectivity index (χ3n) is 0. The van der Waals surface area contributed by atoms with E-state index in [2.05, 4.69) is 0 Å². The second kappa shape index (κ2) is 36.5. The van der Waals surface area contributed by atoms with Crippen LogP contribution in [0.15, 0.2) is 0 Å². The van der Waals surface area contributed by atoms with Crippen LogP contribution in [0.3, 0.4) is 0 Å². The van der Waals surface area contributed by atoms with Gasteiger partial charge in [-0.3, -0.25) is 0 Å². The molecule has 0 fully saturated rings. The molecule has 6 radical (unpaired) electrons. The molecule has 0 aliphatic heterocycles. The fourth-order valence-electron chi connectivity index (χ4n) is 0. The first-order valence-electron chi connectivity index (χ1n) is 1.84. The summed E-state index contributed by atoms with van der Waals surface area (Å²) >= 11 is -12.2. The third kappa shape index (κ3) is 314. The van der Waals surface area contributed by atoms with Crippen molar-refractivity contribution in [1.29, 1.82) is 0 Å². The van der Waals surface area contributed by atoms with Crippen molar-refractivity contribution in [2.45, 2.75) is 0 Å². The molecule has 0 N–H and O–H groups in total. The molecular formula is Bi2Mn2O9Ti3. The second-order valence-corrected chi connectivity index (χ2v) is 3.09. The molecule has 0 aromatic rings. The fourth-order valence-corrected chi connectivity index (χ4v) is 0. The first-order valence-corrected chi connectivity index (χ1v) is 7.57. The Labute approximate surface area is 171 Å². The van der Waals surface area contributed by atoms with Crippen LogP contribution < -0.4 is 22.1 Å². The molecule has 16 heavy (non-hydrogen) atoms. The zero-order valence-electron chi connectivity index (χ0n) is 6.82. The van der Waals surface area contributed by atoms with E-state index in [0.29, 0.717) is 0 Å². The van der Waals surface area contributed by atoms with Crippen molar-refractivity contribution in [2.75, 3.05) is 0 Å². The number of hydrogen-bond acceptors (Lipinski definition) is 9.